The van der Waals surface area contributed by atoms with Crippen LogP contribution in [0.2, 0.25) is 0 Å². The Morgan fingerprint density at radius 2 is 2.10 bits per heavy atom. The summed E-state index contributed by atoms with van der Waals surface area (Å²) in [5.74, 6) is 1.30. The van der Waals surface area contributed by atoms with Gasteiger partial charge in [-0.05, 0) is 37.5 Å². The molecule has 2 aromatic heterocycles. The van der Waals surface area contributed by atoms with Gasteiger partial charge < -0.3 is 5.32 Å². The highest BCUT2D eigenvalue weighted by Crippen LogP contribution is 2.36. The van der Waals surface area contributed by atoms with Gasteiger partial charge in [-0.3, -0.25) is 9.20 Å². The molecule has 0 aromatic carbocycles. The third kappa shape index (κ3) is 2.42. The molecule has 3 rings (SSSR count). The number of nitrogens with zero attached hydrogens (tertiary/aromatic N) is 2. The van der Waals surface area contributed by atoms with Gasteiger partial charge in [-0.15, -0.1) is 0 Å². The number of fused-ring (bicyclic) bond motifs is 1. The molecular weight excluding hydrogens is 250 g/mol. The van der Waals surface area contributed by atoms with E-state index < -0.39 is 0 Å². The number of hydrogen-bond acceptors (Lipinski definition) is 2. The molecule has 1 aliphatic carbocycles. The molecule has 0 unspecified atom stereocenters. The van der Waals surface area contributed by atoms with Gasteiger partial charge in [-0.25, -0.2) is 4.98 Å². The van der Waals surface area contributed by atoms with Crippen LogP contribution in [0.1, 0.15) is 56.2 Å². The first kappa shape index (κ1) is 13.2. The number of carbonyl (C=O) groups excluding carboxylic acids is 1. The van der Waals surface area contributed by atoms with Crippen molar-refractivity contribution >= 4 is 17.4 Å². The second-order valence-corrected chi connectivity index (χ2v) is 5.79. The van der Waals surface area contributed by atoms with Crippen LogP contribution in [0.25, 0.3) is 5.65 Å². The standard InChI is InChI=1S/C16H21N3O/c1-11-8-9-19-14(10-11)18-15(16(19)17-12(2)20)13-6-4-3-5-7-13/h8-10,13H,3-7H2,1-2H3,(H,17,20). The van der Waals surface area contributed by atoms with Gasteiger partial charge in [0.1, 0.15) is 11.5 Å². The Morgan fingerprint density at radius 3 is 2.80 bits per heavy atom. The lowest BCUT2D eigenvalue weighted by atomic mass is 9.87. The summed E-state index contributed by atoms with van der Waals surface area (Å²) in [6, 6.07) is 4.11. The predicted molar refractivity (Wildman–Crippen MR) is 80.1 cm³/mol. The zero-order valence-electron chi connectivity index (χ0n) is 12.1. The molecule has 1 saturated carbocycles. The van der Waals surface area contributed by atoms with Gasteiger partial charge in [0.15, 0.2) is 0 Å². The minimum absolute atomic E-state index is 0.0376. The Kier molecular flexibility index (Phi) is 3.47. The second-order valence-electron chi connectivity index (χ2n) is 5.79. The fourth-order valence-electron chi connectivity index (χ4n) is 3.12. The van der Waals surface area contributed by atoms with Gasteiger partial charge in [0.05, 0.1) is 5.69 Å². The van der Waals surface area contributed by atoms with E-state index >= 15 is 0 Å². The average molecular weight is 271 g/mol. The summed E-state index contributed by atoms with van der Waals surface area (Å²) in [6.45, 7) is 3.62. The van der Waals surface area contributed by atoms with E-state index in [9.17, 15) is 4.79 Å². The van der Waals surface area contributed by atoms with E-state index in [2.05, 4.69) is 18.3 Å². The number of rotatable bonds is 2. The average Bonchev–Trinajstić information content (AvgIpc) is 2.77. The van der Waals surface area contributed by atoms with Crippen molar-refractivity contribution in [2.45, 2.75) is 51.9 Å². The summed E-state index contributed by atoms with van der Waals surface area (Å²) in [6.07, 6.45) is 8.19. The normalized spacial score (nSPS) is 16.5. The van der Waals surface area contributed by atoms with Gasteiger partial charge in [0, 0.05) is 19.0 Å². The Labute approximate surface area is 119 Å². The van der Waals surface area contributed by atoms with Gasteiger partial charge >= 0.3 is 0 Å². The van der Waals surface area contributed by atoms with Gasteiger partial charge in [0.2, 0.25) is 5.91 Å². The van der Waals surface area contributed by atoms with E-state index in [0.717, 1.165) is 17.2 Å². The molecular formula is C16H21N3O. The maximum absolute atomic E-state index is 11.5. The van der Waals surface area contributed by atoms with Crippen molar-refractivity contribution in [1.82, 2.24) is 9.38 Å². The van der Waals surface area contributed by atoms with E-state index in [0.29, 0.717) is 5.92 Å². The topological polar surface area (TPSA) is 46.4 Å². The van der Waals surface area contributed by atoms with Gasteiger partial charge in [0.25, 0.3) is 0 Å². The fraction of sp³-hybridized carbons (Fsp3) is 0.500. The number of anilines is 1. The zero-order valence-corrected chi connectivity index (χ0v) is 12.1. The molecule has 0 radical (unpaired) electrons. The Hall–Kier alpha value is -1.84. The molecule has 0 aliphatic heterocycles. The minimum Gasteiger partial charge on any atom is -0.310 e. The molecule has 0 saturated heterocycles. The van der Waals surface area contributed by atoms with Crippen LogP contribution < -0.4 is 5.32 Å². The molecule has 1 N–H and O–H groups in total. The molecule has 0 spiro atoms. The number of aromatic nitrogens is 2. The monoisotopic (exact) mass is 271 g/mol. The Bertz CT molecular complexity index is 638. The molecule has 1 aliphatic rings. The smallest absolute Gasteiger partial charge is 0.222 e. The van der Waals surface area contributed by atoms with Crippen LogP contribution in [0.15, 0.2) is 18.3 Å². The van der Waals surface area contributed by atoms with Gasteiger partial charge in [-0.2, -0.15) is 0 Å². The molecule has 0 atom stereocenters. The van der Waals surface area contributed by atoms with Crippen LogP contribution >= 0.6 is 0 Å². The van der Waals surface area contributed by atoms with Crippen molar-refractivity contribution in [3.8, 4) is 0 Å². The number of hydrogen-bond donors (Lipinski definition) is 1. The molecule has 1 amide bonds. The largest absolute Gasteiger partial charge is 0.310 e. The lowest BCUT2D eigenvalue weighted by molar-refractivity contribution is -0.114. The van der Waals surface area contributed by atoms with E-state index in [-0.39, 0.29) is 5.91 Å². The Morgan fingerprint density at radius 1 is 1.35 bits per heavy atom. The summed E-state index contributed by atoms with van der Waals surface area (Å²) in [5.41, 5.74) is 3.17. The molecule has 4 nitrogen and oxygen atoms in total. The van der Waals surface area contributed by atoms with E-state index in [1.54, 1.807) is 6.92 Å². The molecule has 20 heavy (non-hydrogen) atoms. The third-order valence-electron chi connectivity index (χ3n) is 4.09. The maximum atomic E-state index is 11.5. The lowest BCUT2D eigenvalue weighted by Crippen LogP contribution is -2.13. The highest BCUT2D eigenvalue weighted by atomic mass is 16.1. The van der Waals surface area contributed by atoms with Crippen molar-refractivity contribution < 1.29 is 4.79 Å². The van der Waals surface area contributed by atoms with Crippen LogP contribution in [0.5, 0.6) is 0 Å². The van der Waals surface area contributed by atoms with E-state index in [1.807, 2.05) is 16.7 Å². The first-order valence-electron chi connectivity index (χ1n) is 7.41. The van der Waals surface area contributed by atoms with Crippen molar-refractivity contribution in [2.24, 2.45) is 0 Å². The van der Waals surface area contributed by atoms with Crippen molar-refractivity contribution in [3.05, 3.63) is 29.6 Å². The summed E-state index contributed by atoms with van der Waals surface area (Å²) < 4.78 is 2.00. The lowest BCUT2D eigenvalue weighted by Gasteiger charge is -2.21. The second kappa shape index (κ2) is 5.27. The van der Waals surface area contributed by atoms with E-state index in [1.165, 1.54) is 37.7 Å². The van der Waals surface area contributed by atoms with Gasteiger partial charge in [-0.1, -0.05) is 19.3 Å². The van der Waals surface area contributed by atoms with Crippen molar-refractivity contribution in [2.75, 3.05) is 5.32 Å². The maximum Gasteiger partial charge on any atom is 0.222 e. The van der Waals surface area contributed by atoms with Crippen LogP contribution in [-0.4, -0.2) is 15.3 Å². The quantitative estimate of drug-likeness (QED) is 0.906. The number of nitrogens with one attached hydrogen (secondary N) is 1. The Balaban J connectivity index is 2.10. The zero-order chi connectivity index (χ0) is 14.1. The molecule has 0 bridgehead atoms. The van der Waals surface area contributed by atoms with Crippen LogP contribution in [0.4, 0.5) is 5.82 Å². The SMILES string of the molecule is CC(=O)Nc1c(C2CCCCC2)nc2cc(C)ccn12. The summed E-state index contributed by atoms with van der Waals surface area (Å²) in [5, 5.41) is 2.97. The molecule has 2 heterocycles. The summed E-state index contributed by atoms with van der Waals surface area (Å²) in [4.78, 5) is 16.3. The number of amides is 1. The van der Waals surface area contributed by atoms with Crippen LogP contribution in [0, 0.1) is 6.92 Å². The molecule has 106 valence electrons. The first-order valence-corrected chi connectivity index (χ1v) is 7.41. The first-order chi connectivity index (χ1) is 9.65. The molecule has 4 heteroatoms. The molecule has 2 aromatic rings. The summed E-state index contributed by atoms with van der Waals surface area (Å²) >= 11 is 0. The predicted octanol–water partition coefficient (Wildman–Crippen LogP) is 3.65. The highest BCUT2D eigenvalue weighted by Gasteiger charge is 2.23. The van der Waals surface area contributed by atoms with Crippen LogP contribution in [-0.2, 0) is 4.79 Å². The van der Waals surface area contributed by atoms with Crippen LogP contribution in [0.3, 0.4) is 0 Å². The van der Waals surface area contributed by atoms with Crippen molar-refractivity contribution in [1.29, 1.82) is 0 Å². The molecule has 1 fully saturated rings. The summed E-state index contributed by atoms with van der Waals surface area (Å²) in [7, 11) is 0. The number of imidazole rings is 1. The van der Waals surface area contributed by atoms with E-state index in [4.69, 9.17) is 4.98 Å². The third-order valence-corrected chi connectivity index (χ3v) is 4.09. The highest BCUT2D eigenvalue weighted by molar-refractivity contribution is 5.89. The number of carbonyl (C=O) groups is 1. The van der Waals surface area contributed by atoms with Crippen molar-refractivity contribution in [3.63, 3.8) is 0 Å². The number of pyridine rings is 1. The minimum atomic E-state index is -0.0376. The number of aryl methyl sites for hydroxylation is 1. The fourth-order valence-corrected chi connectivity index (χ4v) is 3.12.